The zero-order valence-corrected chi connectivity index (χ0v) is 9.77. The maximum Gasteiger partial charge on any atom is 0.219 e. The summed E-state index contributed by atoms with van der Waals surface area (Å²) in [5.41, 5.74) is 1.17. The first-order valence-electron chi connectivity index (χ1n) is 5.63. The van der Waals surface area contributed by atoms with Gasteiger partial charge in [0.05, 0.1) is 13.2 Å². The number of ether oxygens (including phenoxy) is 1. The third-order valence-electron chi connectivity index (χ3n) is 3.14. The van der Waals surface area contributed by atoms with Crippen LogP contribution in [0, 0.1) is 0 Å². The average Bonchev–Trinajstić information content (AvgIpc) is 2.78. The van der Waals surface area contributed by atoms with E-state index in [-0.39, 0.29) is 11.9 Å². The Balaban J connectivity index is 2.25. The topological polar surface area (TPSA) is 29.5 Å². The van der Waals surface area contributed by atoms with Crippen molar-refractivity contribution in [3.05, 3.63) is 29.8 Å². The van der Waals surface area contributed by atoms with Crippen LogP contribution < -0.4 is 4.74 Å². The molecule has 1 saturated heterocycles. The fourth-order valence-corrected chi connectivity index (χ4v) is 2.34. The van der Waals surface area contributed by atoms with Crippen LogP contribution in [0.4, 0.5) is 0 Å². The summed E-state index contributed by atoms with van der Waals surface area (Å²) in [6.07, 6.45) is 2.13. The highest BCUT2D eigenvalue weighted by Gasteiger charge is 2.27. The van der Waals surface area contributed by atoms with Crippen molar-refractivity contribution in [1.29, 1.82) is 0 Å². The van der Waals surface area contributed by atoms with E-state index in [1.54, 1.807) is 14.0 Å². The summed E-state index contributed by atoms with van der Waals surface area (Å²) in [5, 5.41) is 0. The Bertz CT molecular complexity index is 389. The molecular formula is C13H17NO2. The van der Waals surface area contributed by atoms with Crippen LogP contribution in [-0.2, 0) is 4.79 Å². The highest BCUT2D eigenvalue weighted by Crippen LogP contribution is 2.33. The summed E-state index contributed by atoms with van der Waals surface area (Å²) < 4.78 is 5.21. The molecule has 1 amide bonds. The summed E-state index contributed by atoms with van der Waals surface area (Å²) in [6.45, 7) is 2.51. The van der Waals surface area contributed by atoms with E-state index in [1.807, 2.05) is 23.1 Å². The number of carbonyl (C=O) groups is 1. The minimum absolute atomic E-state index is 0.158. The van der Waals surface area contributed by atoms with Crippen molar-refractivity contribution in [2.75, 3.05) is 13.7 Å². The summed E-state index contributed by atoms with van der Waals surface area (Å²) in [5.74, 6) is 1.01. The van der Waals surface area contributed by atoms with Gasteiger partial charge in [-0.25, -0.2) is 0 Å². The molecule has 1 aromatic rings. The highest BCUT2D eigenvalue weighted by atomic mass is 16.5. The van der Waals surface area contributed by atoms with E-state index in [2.05, 4.69) is 6.07 Å². The van der Waals surface area contributed by atoms with Crippen LogP contribution in [0.2, 0.25) is 0 Å². The van der Waals surface area contributed by atoms with Crippen LogP contribution in [0.5, 0.6) is 5.75 Å². The van der Waals surface area contributed by atoms with Crippen LogP contribution in [0.3, 0.4) is 0 Å². The Morgan fingerprint density at radius 2 is 2.31 bits per heavy atom. The van der Waals surface area contributed by atoms with Crippen molar-refractivity contribution in [2.45, 2.75) is 25.8 Å². The summed E-state index contributed by atoms with van der Waals surface area (Å²) >= 11 is 0. The maximum atomic E-state index is 11.5. The van der Waals surface area contributed by atoms with Crippen LogP contribution in [-0.4, -0.2) is 24.5 Å². The number of rotatable bonds is 2. The van der Waals surface area contributed by atoms with Gasteiger partial charge in [-0.1, -0.05) is 12.1 Å². The smallest absolute Gasteiger partial charge is 0.219 e. The second-order valence-electron chi connectivity index (χ2n) is 4.15. The van der Waals surface area contributed by atoms with Crippen molar-refractivity contribution < 1.29 is 9.53 Å². The molecule has 0 aromatic heterocycles. The van der Waals surface area contributed by atoms with Gasteiger partial charge in [-0.3, -0.25) is 4.79 Å². The van der Waals surface area contributed by atoms with Crippen molar-refractivity contribution in [3.63, 3.8) is 0 Å². The molecule has 0 bridgehead atoms. The molecule has 16 heavy (non-hydrogen) atoms. The minimum Gasteiger partial charge on any atom is -0.497 e. The van der Waals surface area contributed by atoms with Gasteiger partial charge in [-0.15, -0.1) is 0 Å². The van der Waals surface area contributed by atoms with Crippen LogP contribution in [0.15, 0.2) is 24.3 Å². The monoisotopic (exact) mass is 219 g/mol. The van der Waals surface area contributed by atoms with E-state index < -0.39 is 0 Å². The highest BCUT2D eigenvalue weighted by molar-refractivity contribution is 5.74. The Morgan fingerprint density at radius 1 is 1.50 bits per heavy atom. The lowest BCUT2D eigenvalue weighted by Crippen LogP contribution is -2.27. The molecule has 0 saturated carbocycles. The van der Waals surface area contributed by atoms with E-state index in [0.717, 1.165) is 25.1 Å². The fraction of sp³-hybridized carbons (Fsp3) is 0.462. The number of carbonyl (C=O) groups excluding carboxylic acids is 1. The lowest BCUT2D eigenvalue weighted by molar-refractivity contribution is -0.129. The van der Waals surface area contributed by atoms with Crippen LogP contribution in [0.25, 0.3) is 0 Å². The number of nitrogens with zero attached hydrogens (tertiary/aromatic N) is 1. The lowest BCUT2D eigenvalue weighted by Gasteiger charge is -2.23. The molecule has 1 aromatic carbocycles. The standard InChI is InChI=1S/C13H17NO2/c1-10(15)14-8-4-7-13(14)11-5-3-6-12(9-11)16-2/h3,5-6,9,13H,4,7-8H2,1-2H3/t13-/m1/s1. The number of methoxy groups -OCH3 is 1. The number of hydrogen-bond donors (Lipinski definition) is 0. The first-order chi connectivity index (χ1) is 7.72. The first kappa shape index (κ1) is 11.0. The third-order valence-corrected chi connectivity index (χ3v) is 3.14. The number of hydrogen-bond acceptors (Lipinski definition) is 2. The second kappa shape index (κ2) is 4.56. The number of likely N-dealkylation sites (tertiary alicyclic amines) is 1. The maximum absolute atomic E-state index is 11.5. The van der Waals surface area contributed by atoms with Gasteiger partial charge < -0.3 is 9.64 Å². The quantitative estimate of drug-likeness (QED) is 0.764. The van der Waals surface area contributed by atoms with Crippen molar-refractivity contribution in [1.82, 2.24) is 4.90 Å². The zero-order valence-electron chi connectivity index (χ0n) is 9.77. The molecule has 0 N–H and O–H groups in total. The first-order valence-corrected chi connectivity index (χ1v) is 5.63. The molecule has 1 aliphatic heterocycles. The lowest BCUT2D eigenvalue weighted by atomic mass is 10.0. The van der Waals surface area contributed by atoms with Gasteiger partial charge in [-0.2, -0.15) is 0 Å². The van der Waals surface area contributed by atoms with Crippen LogP contribution in [0.1, 0.15) is 31.4 Å². The Morgan fingerprint density at radius 3 is 3.00 bits per heavy atom. The zero-order chi connectivity index (χ0) is 11.5. The van der Waals surface area contributed by atoms with E-state index in [0.29, 0.717) is 0 Å². The van der Waals surface area contributed by atoms with E-state index >= 15 is 0 Å². The SMILES string of the molecule is COc1cccc([C@H]2CCCN2C(C)=O)c1. The number of benzene rings is 1. The Kier molecular flexibility index (Phi) is 3.13. The number of amides is 1. The molecule has 0 radical (unpaired) electrons. The molecular weight excluding hydrogens is 202 g/mol. The molecule has 3 heteroatoms. The predicted molar refractivity (Wildman–Crippen MR) is 62.4 cm³/mol. The van der Waals surface area contributed by atoms with Crippen molar-refractivity contribution >= 4 is 5.91 Å². The van der Waals surface area contributed by atoms with Gasteiger partial charge in [0.25, 0.3) is 0 Å². The molecule has 0 unspecified atom stereocenters. The van der Waals surface area contributed by atoms with Gasteiger partial charge in [0.2, 0.25) is 5.91 Å². The minimum atomic E-state index is 0.158. The molecule has 1 atom stereocenters. The third kappa shape index (κ3) is 2.03. The van der Waals surface area contributed by atoms with Gasteiger partial charge in [-0.05, 0) is 30.5 Å². The molecule has 1 fully saturated rings. The summed E-state index contributed by atoms with van der Waals surface area (Å²) in [6, 6.07) is 8.22. The van der Waals surface area contributed by atoms with E-state index in [4.69, 9.17) is 4.74 Å². The fourth-order valence-electron chi connectivity index (χ4n) is 2.34. The normalized spacial score (nSPS) is 19.9. The van der Waals surface area contributed by atoms with E-state index in [9.17, 15) is 4.79 Å². The van der Waals surface area contributed by atoms with Crippen molar-refractivity contribution in [3.8, 4) is 5.75 Å². The van der Waals surface area contributed by atoms with Gasteiger partial charge in [0.1, 0.15) is 5.75 Å². The largest absolute Gasteiger partial charge is 0.497 e. The Labute approximate surface area is 96.0 Å². The molecule has 86 valence electrons. The molecule has 0 aliphatic carbocycles. The molecule has 1 aliphatic rings. The molecule has 1 heterocycles. The summed E-state index contributed by atoms with van der Waals surface area (Å²) in [4.78, 5) is 13.4. The average molecular weight is 219 g/mol. The Hall–Kier alpha value is -1.51. The van der Waals surface area contributed by atoms with Crippen LogP contribution >= 0.6 is 0 Å². The predicted octanol–water partition coefficient (Wildman–Crippen LogP) is 2.38. The second-order valence-corrected chi connectivity index (χ2v) is 4.15. The molecule has 0 spiro atoms. The molecule has 3 nitrogen and oxygen atoms in total. The molecule has 2 rings (SSSR count). The van der Waals surface area contributed by atoms with Gasteiger partial charge in [0.15, 0.2) is 0 Å². The van der Waals surface area contributed by atoms with Crippen molar-refractivity contribution in [2.24, 2.45) is 0 Å². The summed E-state index contributed by atoms with van der Waals surface area (Å²) in [7, 11) is 1.66. The van der Waals surface area contributed by atoms with E-state index in [1.165, 1.54) is 5.56 Å². The van der Waals surface area contributed by atoms with Gasteiger partial charge >= 0.3 is 0 Å². The van der Waals surface area contributed by atoms with Gasteiger partial charge in [0, 0.05) is 13.5 Å².